The van der Waals surface area contributed by atoms with Crippen LogP contribution in [0.25, 0.3) is 0 Å². The van der Waals surface area contributed by atoms with Gasteiger partial charge in [0.15, 0.2) is 0 Å². The highest BCUT2D eigenvalue weighted by molar-refractivity contribution is 5.79. The number of ether oxygens (including phenoxy) is 1. The van der Waals surface area contributed by atoms with E-state index in [1.54, 1.807) is 6.92 Å². The van der Waals surface area contributed by atoms with Crippen LogP contribution < -0.4 is 5.73 Å². The summed E-state index contributed by atoms with van der Waals surface area (Å²) in [4.78, 5) is 14.0. The second kappa shape index (κ2) is 5.83. The summed E-state index contributed by atoms with van der Waals surface area (Å²) in [7, 11) is 1.39. The van der Waals surface area contributed by atoms with Gasteiger partial charge in [0.05, 0.1) is 7.11 Å². The molecule has 0 aromatic heterocycles. The monoisotopic (exact) mass is 242 g/mol. The Hall–Kier alpha value is -0.610. The Morgan fingerprint density at radius 1 is 1.41 bits per heavy atom. The van der Waals surface area contributed by atoms with Crippen molar-refractivity contribution in [2.75, 3.05) is 13.7 Å². The van der Waals surface area contributed by atoms with Crippen molar-refractivity contribution in [1.82, 2.24) is 4.90 Å². The highest BCUT2D eigenvalue weighted by Gasteiger charge is 2.32. The normalized spacial score (nSPS) is 29.7. The van der Waals surface area contributed by atoms with Crippen molar-refractivity contribution in [2.45, 2.75) is 64.1 Å². The smallest absolute Gasteiger partial charge is 0.325 e. The van der Waals surface area contributed by atoms with Crippen molar-refractivity contribution in [1.29, 1.82) is 0 Å². The Morgan fingerprint density at radius 3 is 2.41 bits per heavy atom. The Kier molecular flexibility index (Phi) is 4.95. The molecule has 1 heterocycles. The number of hydrogen-bond donors (Lipinski definition) is 1. The number of nitrogens with zero attached hydrogens (tertiary/aromatic N) is 1. The molecule has 3 unspecified atom stereocenters. The highest BCUT2D eigenvalue weighted by atomic mass is 16.5. The van der Waals surface area contributed by atoms with Gasteiger partial charge in [-0.15, -0.1) is 0 Å². The van der Waals surface area contributed by atoms with Crippen LogP contribution in [0.4, 0.5) is 0 Å². The van der Waals surface area contributed by atoms with Gasteiger partial charge in [0.25, 0.3) is 0 Å². The molecule has 0 saturated carbocycles. The third-order valence-electron chi connectivity index (χ3n) is 3.92. The molecule has 3 atom stereocenters. The van der Waals surface area contributed by atoms with Crippen molar-refractivity contribution >= 4 is 5.97 Å². The van der Waals surface area contributed by atoms with E-state index in [2.05, 4.69) is 18.7 Å². The number of piperidine rings is 1. The third-order valence-corrected chi connectivity index (χ3v) is 3.92. The maximum Gasteiger partial charge on any atom is 0.325 e. The van der Waals surface area contributed by atoms with Crippen LogP contribution in [-0.4, -0.2) is 42.1 Å². The van der Waals surface area contributed by atoms with E-state index >= 15 is 0 Å². The summed E-state index contributed by atoms with van der Waals surface area (Å²) < 4.78 is 4.73. The number of esters is 1. The van der Waals surface area contributed by atoms with Crippen molar-refractivity contribution < 1.29 is 9.53 Å². The predicted octanol–water partition coefficient (Wildman–Crippen LogP) is 1.53. The summed E-state index contributed by atoms with van der Waals surface area (Å²) in [5, 5.41) is 0. The van der Waals surface area contributed by atoms with Gasteiger partial charge in [0, 0.05) is 18.6 Å². The molecule has 0 aromatic rings. The van der Waals surface area contributed by atoms with Crippen LogP contribution in [0, 0.1) is 0 Å². The van der Waals surface area contributed by atoms with Crippen LogP contribution in [0.15, 0.2) is 0 Å². The maximum absolute atomic E-state index is 11.5. The third kappa shape index (κ3) is 3.68. The Labute approximate surface area is 104 Å². The quantitative estimate of drug-likeness (QED) is 0.760. The van der Waals surface area contributed by atoms with Gasteiger partial charge in [-0.2, -0.15) is 0 Å². The van der Waals surface area contributed by atoms with Gasteiger partial charge in [-0.25, -0.2) is 0 Å². The fourth-order valence-corrected chi connectivity index (χ4v) is 2.61. The summed E-state index contributed by atoms with van der Waals surface area (Å²) in [5.41, 5.74) is 5.11. The van der Waals surface area contributed by atoms with Gasteiger partial charge in [-0.1, -0.05) is 6.42 Å². The Balaban J connectivity index is 2.51. The molecular formula is C13H26N2O2. The van der Waals surface area contributed by atoms with Crippen LogP contribution >= 0.6 is 0 Å². The van der Waals surface area contributed by atoms with E-state index in [-0.39, 0.29) is 5.97 Å². The van der Waals surface area contributed by atoms with Crippen molar-refractivity contribution in [3.8, 4) is 0 Å². The number of hydrogen-bond acceptors (Lipinski definition) is 4. The van der Waals surface area contributed by atoms with Gasteiger partial charge in [0.2, 0.25) is 0 Å². The van der Waals surface area contributed by atoms with Crippen molar-refractivity contribution in [3.63, 3.8) is 0 Å². The van der Waals surface area contributed by atoms with E-state index in [0.29, 0.717) is 18.5 Å². The van der Waals surface area contributed by atoms with Gasteiger partial charge >= 0.3 is 5.97 Å². The largest absolute Gasteiger partial charge is 0.468 e. The van der Waals surface area contributed by atoms with E-state index in [1.807, 2.05) is 0 Å². The van der Waals surface area contributed by atoms with Crippen molar-refractivity contribution in [2.24, 2.45) is 5.73 Å². The highest BCUT2D eigenvalue weighted by Crippen LogP contribution is 2.23. The second-order valence-electron chi connectivity index (χ2n) is 5.53. The SMILES string of the molecule is COC(=O)C(C)(N)CCN1C(C)CCCC1C. The molecule has 1 aliphatic heterocycles. The predicted molar refractivity (Wildman–Crippen MR) is 68.7 cm³/mol. The first-order valence-corrected chi connectivity index (χ1v) is 6.51. The van der Waals surface area contributed by atoms with Crippen LogP contribution in [0.5, 0.6) is 0 Å². The molecule has 0 radical (unpaired) electrons. The van der Waals surface area contributed by atoms with Gasteiger partial charge < -0.3 is 10.5 Å². The van der Waals surface area contributed by atoms with Gasteiger partial charge in [0.1, 0.15) is 5.54 Å². The number of rotatable bonds is 4. The lowest BCUT2D eigenvalue weighted by Gasteiger charge is -2.40. The molecule has 0 aromatic carbocycles. The first-order valence-electron chi connectivity index (χ1n) is 6.51. The molecular weight excluding hydrogens is 216 g/mol. The first kappa shape index (κ1) is 14.5. The minimum absolute atomic E-state index is 0.324. The fourth-order valence-electron chi connectivity index (χ4n) is 2.61. The molecule has 0 amide bonds. The summed E-state index contributed by atoms with van der Waals surface area (Å²) in [6.45, 7) is 7.12. The fraction of sp³-hybridized carbons (Fsp3) is 0.923. The summed E-state index contributed by atoms with van der Waals surface area (Å²) >= 11 is 0. The van der Waals surface area contributed by atoms with Crippen LogP contribution in [0.1, 0.15) is 46.5 Å². The number of likely N-dealkylation sites (tertiary alicyclic amines) is 1. The molecule has 1 rings (SSSR count). The molecule has 0 aliphatic carbocycles. The molecule has 1 fully saturated rings. The van der Waals surface area contributed by atoms with Gasteiger partial charge in [-0.05, 0) is 40.0 Å². The van der Waals surface area contributed by atoms with Gasteiger partial charge in [-0.3, -0.25) is 9.69 Å². The van der Waals surface area contributed by atoms with E-state index < -0.39 is 5.54 Å². The standard InChI is InChI=1S/C13H26N2O2/c1-10-6-5-7-11(2)15(10)9-8-13(3,14)12(16)17-4/h10-11H,5-9,14H2,1-4H3. The van der Waals surface area contributed by atoms with Crippen LogP contribution in [-0.2, 0) is 9.53 Å². The molecule has 2 N–H and O–H groups in total. The lowest BCUT2D eigenvalue weighted by Crippen LogP contribution is -2.51. The molecule has 100 valence electrons. The van der Waals surface area contributed by atoms with Crippen LogP contribution in [0.2, 0.25) is 0 Å². The minimum atomic E-state index is -0.869. The van der Waals surface area contributed by atoms with E-state index in [1.165, 1.54) is 26.4 Å². The molecule has 1 saturated heterocycles. The average molecular weight is 242 g/mol. The topological polar surface area (TPSA) is 55.6 Å². The second-order valence-corrected chi connectivity index (χ2v) is 5.53. The molecule has 4 heteroatoms. The lowest BCUT2D eigenvalue weighted by molar-refractivity contribution is -0.146. The van der Waals surface area contributed by atoms with E-state index in [9.17, 15) is 4.79 Å². The summed E-state index contributed by atoms with van der Waals surface area (Å²) in [6.07, 6.45) is 4.43. The number of carbonyl (C=O) groups is 1. The molecule has 0 bridgehead atoms. The number of nitrogens with two attached hydrogens (primary N) is 1. The Morgan fingerprint density at radius 2 is 1.94 bits per heavy atom. The summed E-state index contributed by atoms with van der Waals surface area (Å²) in [5.74, 6) is -0.324. The number of methoxy groups -OCH3 is 1. The van der Waals surface area contributed by atoms with Crippen molar-refractivity contribution in [3.05, 3.63) is 0 Å². The van der Waals surface area contributed by atoms with Crippen LogP contribution in [0.3, 0.4) is 0 Å². The zero-order chi connectivity index (χ0) is 13.1. The number of carbonyl (C=O) groups excluding carboxylic acids is 1. The van der Waals surface area contributed by atoms with E-state index in [4.69, 9.17) is 10.5 Å². The lowest BCUT2D eigenvalue weighted by atomic mass is 9.94. The molecule has 17 heavy (non-hydrogen) atoms. The summed E-state index contributed by atoms with van der Waals surface area (Å²) in [6, 6.07) is 1.18. The maximum atomic E-state index is 11.5. The minimum Gasteiger partial charge on any atom is -0.468 e. The average Bonchev–Trinajstić information content (AvgIpc) is 2.27. The first-order chi connectivity index (χ1) is 7.88. The zero-order valence-electron chi connectivity index (χ0n) is 11.5. The Bertz CT molecular complexity index is 256. The zero-order valence-corrected chi connectivity index (χ0v) is 11.5. The molecule has 0 spiro atoms. The molecule has 1 aliphatic rings. The molecule has 4 nitrogen and oxygen atoms in total. The van der Waals surface area contributed by atoms with E-state index in [0.717, 1.165) is 6.54 Å².